The van der Waals surface area contributed by atoms with E-state index in [9.17, 15) is 0 Å². The number of para-hydroxylation sites is 1. The molecular weight excluding hydrogens is 226 g/mol. The largest absolute Gasteiger partial charge is 0.469 e. The normalized spacial score (nSPS) is 13.1. The van der Waals surface area contributed by atoms with Gasteiger partial charge < -0.3 is 14.6 Å². The molecule has 0 spiro atoms. The van der Waals surface area contributed by atoms with Gasteiger partial charge in [-0.15, -0.1) is 0 Å². The zero-order chi connectivity index (χ0) is 12.7. The summed E-state index contributed by atoms with van der Waals surface area (Å²) in [5.74, 6) is 1.62. The van der Waals surface area contributed by atoms with Crippen LogP contribution in [0.25, 0.3) is 11.0 Å². The summed E-state index contributed by atoms with van der Waals surface area (Å²) in [4.78, 5) is 0. The smallest absolute Gasteiger partial charge is 0.137 e. The van der Waals surface area contributed by atoms with Crippen molar-refractivity contribution in [2.75, 3.05) is 0 Å². The molecule has 0 aliphatic rings. The molecule has 1 unspecified atom stereocenters. The lowest BCUT2D eigenvalue weighted by Gasteiger charge is -2.04. The van der Waals surface area contributed by atoms with E-state index in [0.717, 1.165) is 33.6 Å². The molecule has 0 amide bonds. The second kappa shape index (κ2) is 4.03. The number of hydrogen-bond acceptors (Lipinski definition) is 3. The number of benzene rings is 1. The Kier molecular flexibility index (Phi) is 2.49. The SMILES string of the molecule is Cc1cc(C(N)c2cc3cccc(C)c3o2)co1. The van der Waals surface area contributed by atoms with E-state index in [1.54, 1.807) is 6.26 Å². The quantitative estimate of drug-likeness (QED) is 0.744. The lowest BCUT2D eigenvalue weighted by molar-refractivity contribution is 0.510. The summed E-state index contributed by atoms with van der Waals surface area (Å²) < 4.78 is 11.1. The molecule has 18 heavy (non-hydrogen) atoms. The maximum absolute atomic E-state index is 6.19. The van der Waals surface area contributed by atoms with Crippen LogP contribution in [0.15, 0.2) is 45.4 Å². The van der Waals surface area contributed by atoms with Gasteiger partial charge in [0.1, 0.15) is 17.1 Å². The Bertz CT molecular complexity index is 693. The number of nitrogens with two attached hydrogens (primary N) is 1. The average Bonchev–Trinajstić information content (AvgIpc) is 2.95. The van der Waals surface area contributed by atoms with Crippen molar-refractivity contribution in [3.8, 4) is 0 Å². The molecule has 0 bridgehead atoms. The molecule has 0 saturated carbocycles. The van der Waals surface area contributed by atoms with Crippen LogP contribution in [0.2, 0.25) is 0 Å². The van der Waals surface area contributed by atoms with Gasteiger partial charge in [-0.3, -0.25) is 0 Å². The molecule has 3 nitrogen and oxygen atoms in total. The van der Waals surface area contributed by atoms with Crippen LogP contribution in [0.4, 0.5) is 0 Å². The van der Waals surface area contributed by atoms with Crippen molar-refractivity contribution in [1.29, 1.82) is 0 Å². The lowest BCUT2D eigenvalue weighted by Crippen LogP contribution is -2.09. The maximum atomic E-state index is 6.19. The van der Waals surface area contributed by atoms with E-state index in [1.807, 2.05) is 44.2 Å². The second-order valence-electron chi connectivity index (χ2n) is 4.61. The van der Waals surface area contributed by atoms with Crippen molar-refractivity contribution in [2.24, 2.45) is 5.73 Å². The molecule has 2 aromatic heterocycles. The summed E-state index contributed by atoms with van der Waals surface area (Å²) in [6.07, 6.45) is 1.68. The molecule has 92 valence electrons. The van der Waals surface area contributed by atoms with Crippen LogP contribution in [-0.2, 0) is 0 Å². The summed E-state index contributed by atoms with van der Waals surface area (Å²) in [6, 6.07) is 9.73. The molecule has 0 aliphatic heterocycles. The molecule has 2 N–H and O–H groups in total. The minimum Gasteiger partial charge on any atom is -0.469 e. The highest BCUT2D eigenvalue weighted by Gasteiger charge is 2.16. The zero-order valence-corrected chi connectivity index (χ0v) is 10.4. The minimum absolute atomic E-state index is 0.283. The topological polar surface area (TPSA) is 52.3 Å². The summed E-state index contributed by atoms with van der Waals surface area (Å²) in [7, 11) is 0. The fourth-order valence-electron chi connectivity index (χ4n) is 2.17. The molecule has 1 aromatic carbocycles. The van der Waals surface area contributed by atoms with Gasteiger partial charge in [-0.1, -0.05) is 18.2 Å². The molecule has 3 heteroatoms. The van der Waals surface area contributed by atoms with E-state index in [4.69, 9.17) is 14.6 Å². The number of hydrogen-bond donors (Lipinski definition) is 1. The van der Waals surface area contributed by atoms with Crippen molar-refractivity contribution >= 4 is 11.0 Å². The monoisotopic (exact) mass is 241 g/mol. The Morgan fingerprint density at radius 2 is 2.00 bits per heavy atom. The van der Waals surface area contributed by atoms with Crippen molar-refractivity contribution in [2.45, 2.75) is 19.9 Å². The Hall–Kier alpha value is -2.00. The first kappa shape index (κ1) is 11.1. The highest BCUT2D eigenvalue weighted by atomic mass is 16.3. The minimum atomic E-state index is -0.283. The summed E-state index contributed by atoms with van der Waals surface area (Å²) in [5, 5.41) is 1.08. The maximum Gasteiger partial charge on any atom is 0.137 e. The van der Waals surface area contributed by atoms with Crippen LogP contribution in [0, 0.1) is 13.8 Å². The molecular formula is C15H15NO2. The molecule has 1 atom stereocenters. The number of rotatable bonds is 2. The first-order valence-electron chi connectivity index (χ1n) is 5.95. The first-order chi connectivity index (χ1) is 8.65. The predicted octanol–water partition coefficient (Wildman–Crippen LogP) is 3.69. The van der Waals surface area contributed by atoms with E-state index < -0.39 is 0 Å². The number of aryl methyl sites for hydroxylation is 2. The van der Waals surface area contributed by atoms with Crippen molar-refractivity contribution in [1.82, 2.24) is 0 Å². The van der Waals surface area contributed by atoms with Gasteiger partial charge in [0.05, 0.1) is 12.3 Å². The highest BCUT2D eigenvalue weighted by Crippen LogP contribution is 2.29. The van der Waals surface area contributed by atoms with Crippen LogP contribution < -0.4 is 5.73 Å². The van der Waals surface area contributed by atoms with Gasteiger partial charge in [0.25, 0.3) is 0 Å². The van der Waals surface area contributed by atoms with Gasteiger partial charge in [0.2, 0.25) is 0 Å². The third kappa shape index (κ3) is 1.73. The van der Waals surface area contributed by atoms with Gasteiger partial charge in [0, 0.05) is 10.9 Å². The first-order valence-corrected chi connectivity index (χ1v) is 5.95. The molecule has 0 aliphatic carbocycles. The Morgan fingerprint density at radius 1 is 1.17 bits per heavy atom. The Morgan fingerprint density at radius 3 is 2.67 bits per heavy atom. The van der Waals surface area contributed by atoms with Gasteiger partial charge in [0.15, 0.2) is 0 Å². The summed E-state index contributed by atoms with van der Waals surface area (Å²) >= 11 is 0. The van der Waals surface area contributed by atoms with Crippen LogP contribution >= 0.6 is 0 Å². The van der Waals surface area contributed by atoms with Crippen LogP contribution in [-0.4, -0.2) is 0 Å². The van der Waals surface area contributed by atoms with Crippen LogP contribution in [0.1, 0.15) is 28.7 Å². The third-order valence-corrected chi connectivity index (χ3v) is 3.18. The molecule has 2 heterocycles. The van der Waals surface area contributed by atoms with Crippen molar-refractivity contribution in [3.05, 3.63) is 59.2 Å². The standard InChI is InChI=1S/C15H15NO2/c1-9-4-3-5-11-7-13(18-15(9)11)14(16)12-6-10(2)17-8-12/h3-8,14H,16H2,1-2H3. The van der Waals surface area contributed by atoms with Crippen LogP contribution in [0.5, 0.6) is 0 Å². The third-order valence-electron chi connectivity index (χ3n) is 3.18. The molecule has 0 fully saturated rings. The van der Waals surface area contributed by atoms with E-state index in [-0.39, 0.29) is 6.04 Å². The average molecular weight is 241 g/mol. The molecule has 3 aromatic rings. The van der Waals surface area contributed by atoms with Gasteiger partial charge in [-0.2, -0.15) is 0 Å². The van der Waals surface area contributed by atoms with E-state index >= 15 is 0 Å². The number of fused-ring (bicyclic) bond motifs is 1. The number of furan rings is 2. The van der Waals surface area contributed by atoms with Crippen molar-refractivity contribution in [3.63, 3.8) is 0 Å². The van der Waals surface area contributed by atoms with Crippen LogP contribution in [0.3, 0.4) is 0 Å². The molecule has 0 saturated heterocycles. The predicted molar refractivity (Wildman–Crippen MR) is 70.4 cm³/mol. The van der Waals surface area contributed by atoms with Crippen molar-refractivity contribution < 1.29 is 8.83 Å². The molecule has 0 radical (unpaired) electrons. The molecule has 3 rings (SSSR count). The lowest BCUT2D eigenvalue weighted by atomic mass is 10.1. The fourth-order valence-corrected chi connectivity index (χ4v) is 2.17. The van der Waals surface area contributed by atoms with E-state index in [0.29, 0.717) is 0 Å². The Balaban J connectivity index is 2.06. The van der Waals surface area contributed by atoms with Gasteiger partial charge >= 0.3 is 0 Å². The Labute approximate surface area is 105 Å². The summed E-state index contributed by atoms with van der Waals surface area (Å²) in [6.45, 7) is 3.93. The van der Waals surface area contributed by atoms with Gasteiger partial charge in [-0.05, 0) is 31.5 Å². The van der Waals surface area contributed by atoms with E-state index in [1.165, 1.54) is 0 Å². The highest BCUT2D eigenvalue weighted by molar-refractivity contribution is 5.81. The zero-order valence-electron chi connectivity index (χ0n) is 10.4. The second-order valence-corrected chi connectivity index (χ2v) is 4.61. The van der Waals surface area contributed by atoms with E-state index in [2.05, 4.69) is 0 Å². The van der Waals surface area contributed by atoms with Gasteiger partial charge in [-0.25, -0.2) is 0 Å². The summed E-state index contributed by atoms with van der Waals surface area (Å²) in [5.41, 5.74) is 9.15. The fraction of sp³-hybridized carbons (Fsp3) is 0.200.